The third kappa shape index (κ3) is 4.03. The summed E-state index contributed by atoms with van der Waals surface area (Å²) in [6.45, 7) is 1.62. The SMILES string of the molecule is COc1ccc(C(C)=O)cc1CC(=O)OCc1nc2ccccc2s1. The van der Waals surface area contributed by atoms with Crippen molar-refractivity contribution in [3.63, 3.8) is 0 Å². The summed E-state index contributed by atoms with van der Waals surface area (Å²) < 4.78 is 11.6. The number of benzene rings is 2. The van der Waals surface area contributed by atoms with Crippen LogP contribution < -0.4 is 4.74 Å². The highest BCUT2D eigenvalue weighted by atomic mass is 32.1. The van der Waals surface area contributed by atoms with Crippen LogP contribution in [0.3, 0.4) is 0 Å². The fraction of sp³-hybridized carbons (Fsp3) is 0.211. The molecule has 0 saturated carbocycles. The van der Waals surface area contributed by atoms with Gasteiger partial charge in [-0.3, -0.25) is 9.59 Å². The van der Waals surface area contributed by atoms with Crippen molar-refractivity contribution in [1.82, 2.24) is 4.98 Å². The number of carbonyl (C=O) groups excluding carboxylic acids is 2. The lowest BCUT2D eigenvalue weighted by Crippen LogP contribution is -2.09. The van der Waals surface area contributed by atoms with Gasteiger partial charge in [-0.15, -0.1) is 11.3 Å². The second kappa shape index (κ2) is 7.44. The zero-order valence-corrected chi connectivity index (χ0v) is 14.8. The van der Waals surface area contributed by atoms with Gasteiger partial charge >= 0.3 is 5.97 Å². The fourth-order valence-corrected chi connectivity index (χ4v) is 3.35. The number of hydrogen-bond acceptors (Lipinski definition) is 6. The first-order valence-corrected chi connectivity index (χ1v) is 8.56. The van der Waals surface area contributed by atoms with E-state index in [2.05, 4.69) is 4.98 Å². The van der Waals surface area contributed by atoms with E-state index in [0.29, 0.717) is 16.9 Å². The van der Waals surface area contributed by atoms with E-state index in [9.17, 15) is 9.59 Å². The van der Waals surface area contributed by atoms with Gasteiger partial charge in [0.25, 0.3) is 0 Å². The number of methoxy groups -OCH3 is 1. The molecule has 0 amide bonds. The second-order valence-electron chi connectivity index (χ2n) is 5.50. The number of esters is 1. The van der Waals surface area contributed by atoms with Crippen LogP contribution in [0.5, 0.6) is 5.75 Å². The molecule has 3 rings (SSSR count). The molecular formula is C19H17NO4S. The summed E-state index contributed by atoms with van der Waals surface area (Å²) in [7, 11) is 1.53. The van der Waals surface area contributed by atoms with Crippen molar-refractivity contribution in [2.24, 2.45) is 0 Å². The zero-order valence-electron chi connectivity index (χ0n) is 13.9. The summed E-state index contributed by atoms with van der Waals surface area (Å²) in [5.74, 6) is 0.104. The lowest BCUT2D eigenvalue weighted by molar-refractivity contribution is -0.144. The van der Waals surface area contributed by atoms with E-state index in [1.807, 2.05) is 24.3 Å². The predicted octanol–water partition coefficient (Wildman–Crippen LogP) is 3.79. The minimum atomic E-state index is -0.391. The van der Waals surface area contributed by atoms with Crippen LogP contribution in [0.15, 0.2) is 42.5 Å². The van der Waals surface area contributed by atoms with E-state index in [1.54, 1.807) is 18.2 Å². The minimum absolute atomic E-state index is 0.0369. The molecular weight excluding hydrogens is 338 g/mol. The van der Waals surface area contributed by atoms with Crippen molar-refractivity contribution in [3.05, 3.63) is 58.6 Å². The zero-order chi connectivity index (χ0) is 17.8. The van der Waals surface area contributed by atoms with Gasteiger partial charge in [0.15, 0.2) is 5.78 Å². The Hall–Kier alpha value is -2.73. The van der Waals surface area contributed by atoms with Gasteiger partial charge in [0.2, 0.25) is 0 Å². The molecule has 1 aromatic heterocycles. The van der Waals surface area contributed by atoms with Crippen molar-refractivity contribution in [2.75, 3.05) is 7.11 Å². The summed E-state index contributed by atoms with van der Waals surface area (Å²) in [6.07, 6.45) is 0.0369. The summed E-state index contributed by atoms with van der Waals surface area (Å²) in [4.78, 5) is 28.1. The average molecular weight is 355 g/mol. The van der Waals surface area contributed by atoms with Crippen LogP contribution >= 0.6 is 11.3 Å². The Kier molecular flexibility index (Phi) is 5.09. The number of fused-ring (bicyclic) bond motifs is 1. The van der Waals surface area contributed by atoms with Crippen LogP contribution in [-0.4, -0.2) is 23.8 Å². The lowest BCUT2D eigenvalue weighted by Gasteiger charge is -2.09. The summed E-state index contributed by atoms with van der Waals surface area (Å²) in [6, 6.07) is 12.8. The van der Waals surface area contributed by atoms with E-state index in [0.717, 1.165) is 15.2 Å². The molecule has 5 nitrogen and oxygen atoms in total. The van der Waals surface area contributed by atoms with Crippen molar-refractivity contribution in [1.29, 1.82) is 0 Å². The Bertz CT molecular complexity index is 899. The monoisotopic (exact) mass is 355 g/mol. The molecule has 0 aliphatic heterocycles. The third-order valence-corrected chi connectivity index (χ3v) is 4.73. The van der Waals surface area contributed by atoms with E-state index in [-0.39, 0.29) is 18.8 Å². The topological polar surface area (TPSA) is 65.5 Å². The van der Waals surface area contributed by atoms with Gasteiger partial charge in [-0.2, -0.15) is 0 Å². The first kappa shape index (κ1) is 17.1. The van der Waals surface area contributed by atoms with Crippen molar-refractivity contribution >= 4 is 33.3 Å². The summed E-state index contributed by atoms with van der Waals surface area (Å²) in [5.41, 5.74) is 2.06. The lowest BCUT2D eigenvalue weighted by atomic mass is 10.0. The van der Waals surface area contributed by atoms with Crippen LogP contribution in [0.1, 0.15) is 27.9 Å². The van der Waals surface area contributed by atoms with Crippen molar-refractivity contribution < 1.29 is 19.1 Å². The Morgan fingerprint density at radius 3 is 2.68 bits per heavy atom. The molecule has 25 heavy (non-hydrogen) atoms. The highest BCUT2D eigenvalue weighted by Crippen LogP contribution is 2.23. The van der Waals surface area contributed by atoms with E-state index in [4.69, 9.17) is 9.47 Å². The van der Waals surface area contributed by atoms with Gasteiger partial charge in [-0.25, -0.2) is 4.98 Å². The molecule has 0 spiro atoms. The molecule has 6 heteroatoms. The van der Waals surface area contributed by atoms with Crippen LogP contribution in [0.25, 0.3) is 10.2 Å². The number of nitrogens with zero attached hydrogens (tertiary/aromatic N) is 1. The largest absolute Gasteiger partial charge is 0.496 e. The smallest absolute Gasteiger partial charge is 0.310 e. The summed E-state index contributed by atoms with van der Waals surface area (Å²) in [5, 5.41) is 0.749. The summed E-state index contributed by atoms with van der Waals surface area (Å²) >= 11 is 1.50. The quantitative estimate of drug-likeness (QED) is 0.497. The van der Waals surface area contributed by atoms with Gasteiger partial charge in [-0.1, -0.05) is 12.1 Å². The molecule has 0 aliphatic carbocycles. The maximum atomic E-state index is 12.2. The first-order chi connectivity index (χ1) is 12.1. The molecule has 0 atom stereocenters. The number of thiazole rings is 1. The van der Waals surface area contributed by atoms with E-state index >= 15 is 0 Å². The number of ether oxygens (including phenoxy) is 2. The molecule has 128 valence electrons. The van der Waals surface area contributed by atoms with Gasteiger partial charge in [0.05, 0.1) is 23.7 Å². The number of Topliss-reactive ketones (excluding diaryl/α,β-unsaturated/α-hetero) is 1. The molecule has 3 aromatic rings. The second-order valence-corrected chi connectivity index (χ2v) is 6.61. The van der Waals surface area contributed by atoms with Gasteiger partial charge in [-0.05, 0) is 37.3 Å². The molecule has 0 radical (unpaired) electrons. The molecule has 0 unspecified atom stereocenters. The Morgan fingerprint density at radius 1 is 1.16 bits per heavy atom. The number of para-hydroxylation sites is 1. The van der Waals surface area contributed by atoms with Crippen LogP contribution in [-0.2, 0) is 22.6 Å². The standard InChI is InChI=1S/C19H17NO4S/c1-12(21)13-7-8-16(23-2)14(9-13)10-19(22)24-11-18-20-15-5-3-4-6-17(15)25-18/h3-9H,10-11H2,1-2H3. The molecule has 0 aliphatic rings. The maximum absolute atomic E-state index is 12.2. The number of rotatable bonds is 6. The molecule has 0 N–H and O–H groups in total. The highest BCUT2D eigenvalue weighted by molar-refractivity contribution is 7.18. The Labute approximate surface area is 149 Å². The molecule has 0 saturated heterocycles. The normalized spacial score (nSPS) is 10.6. The maximum Gasteiger partial charge on any atom is 0.310 e. The van der Waals surface area contributed by atoms with Crippen LogP contribution in [0.4, 0.5) is 0 Å². The molecule has 0 bridgehead atoms. The van der Waals surface area contributed by atoms with Crippen LogP contribution in [0, 0.1) is 0 Å². The van der Waals surface area contributed by atoms with Gasteiger partial charge in [0.1, 0.15) is 17.4 Å². The molecule has 0 fully saturated rings. The fourth-order valence-electron chi connectivity index (χ4n) is 2.47. The van der Waals surface area contributed by atoms with Crippen molar-refractivity contribution in [2.45, 2.75) is 20.0 Å². The minimum Gasteiger partial charge on any atom is -0.496 e. The molecule has 2 aromatic carbocycles. The third-order valence-electron chi connectivity index (χ3n) is 3.72. The number of aromatic nitrogens is 1. The van der Waals surface area contributed by atoms with Gasteiger partial charge < -0.3 is 9.47 Å². The number of carbonyl (C=O) groups is 2. The van der Waals surface area contributed by atoms with E-state index in [1.165, 1.54) is 25.4 Å². The predicted molar refractivity (Wildman–Crippen MR) is 96.1 cm³/mol. The van der Waals surface area contributed by atoms with Gasteiger partial charge in [0, 0.05) is 11.1 Å². The molecule has 1 heterocycles. The number of ketones is 1. The van der Waals surface area contributed by atoms with Crippen molar-refractivity contribution in [3.8, 4) is 5.75 Å². The van der Waals surface area contributed by atoms with E-state index < -0.39 is 5.97 Å². The first-order valence-electron chi connectivity index (χ1n) is 7.74. The average Bonchev–Trinajstić information content (AvgIpc) is 3.03. The van der Waals surface area contributed by atoms with Crippen LogP contribution in [0.2, 0.25) is 0 Å². The highest BCUT2D eigenvalue weighted by Gasteiger charge is 2.13. The Balaban J connectivity index is 1.67. The number of hydrogen-bond donors (Lipinski definition) is 0. The Morgan fingerprint density at radius 2 is 1.96 bits per heavy atom.